The molecule has 0 spiro atoms. The van der Waals surface area contributed by atoms with Crippen LogP contribution < -0.4 is 5.32 Å². The molecule has 1 aliphatic heterocycles. The standard InChI is InChI=1S/C18H29N7O.HI/c1-4-19-18(20-7-5-6-15-10-21-23(2)12-15)25-8-9-26-17(14-25)16-11-22-24(3)13-16;/h10-13,17H,4-9,14H2,1-3H3,(H,19,20);1H. The van der Waals surface area contributed by atoms with Crippen molar-refractivity contribution in [2.24, 2.45) is 19.1 Å². The fourth-order valence-corrected chi connectivity index (χ4v) is 3.14. The second kappa shape index (κ2) is 10.6. The van der Waals surface area contributed by atoms with Gasteiger partial charge in [-0.1, -0.05) is 0 Å². The number of halogens is 1. The van der Waals surface area contributed by atoms with E-state index >= 15 is 0 Å². The lowest BCUT2D eigenvalue weighted by Gasteiger charge is -2.34. The van der Waals surface area contributed by atoms with Gasteiger partial charge in [0.2, 0.25) is 0 Å². The van der Waals surface area contributed by atoms with Crippen molar-refractivity contribution in [2.45, 2.75) is 25.9 Å². The molecule has 1 saturated heterocycles. The lowest BCUT2D eigenvalue weighted by Crippen LogP contribution is -2.48. The van der Waals surface area contributed by atoms with Crippen LogP contribution in [0.2, 0.25) is 0 Å². The second-order valence-electron chi connectivity index (χ2n) is 6.61. The molecule has 1 atom stereocenters. The average molecular weight is 487 g/mol. The van der Waals surface area contributed by atoms with E-state index in [2.05, 4.69) is 33.5 Å². The third-order valence-electron chi connectivity index (χ3n) is 4.44. The summed E-state index contributed by atoms with van der Waals surface area (Å²) >= 11 is 0. The zero-order valence-electron chi connectivity index (χ0n) is 16.3. The first kappa shape index (κ1) is 21.7. The van der Waals surface area contributed by atoms with E-state index in [1.807, 2.05) is 42.0 Å². The zero-order valence-corrected chi connectivity index (χ0v) is 18.7. The number of aliphatic imine (C=N–C) groups is 1. The third kappa shape index (κ3) is 6.20. The van der Waals surface area contributed by atoms with Gasteiger partial charge in [0.25, 0.3) is 0 Å². The van der Waals surface area contributed by atoms with Crippen LogP contribution in [0, 0.1) is 0 Å². The second-order valence-corrected chi connectivity index (χ2v) is 6.61. The van der Waals surface area contributed by atoms with Crippen molar-refractivity contribution in [1.29, 1.82) is 0 Å². The largest absolute Gasteiger partial charge is 0.370 e. The number of hydrogen-bond acceptors (Lipinski definition) is 4. The van der Waals surface area contributed by atoms with Gasteiger partial charge in [0.05, 0.1) is 25.5 Å². The Bertz CT molecular complexity index is 727. The minimum absolute atomic E-state index is 0. The fourth-order valence-electron chi connectivity index (χ4n) is 3.14. The quantitative estimate of drug-likeness (QED) is 0.291. The Morgan fingerprint density at radius 1 is 1.26 bits per heavy atom. The molecule has 3 rings (SSSR count). The molecule has 2 aromatic heterocycles. The highest BCUT2D eigenvalue weighted by molar-refractivity contribution is 14.0. The molecule has 0 amide bonds. The number of morpholine rings is 1. The summed E-state index contributed by atoms with van der Waals surface area (Å²) in [5, 5.41) is 11.9. The Labute approximate surface area is 178 Å². The highest BCUT2D eigenvalue weighted by atomic mass is 127. The Balaban J connectivity index is 0.00000261. The van der Waals surface area contributed by atoms with Crippen molar-refractivity contribution >= 4 is 29.9 Å². The summed E-state index contributed by atoms with van der Waals surface area (Å²) in [6.45, 7) is 6.09. The van der Waals surface area contributed by atoms with Crippen LogP contribution in [0.15, 0.2) is 29.8 Å². The molecule has 1 N–H and O–H groups in total. The van der Waals surface area contributed by atoms with E-state index in [4.69, 9.17) is 9.73 Å². The molecule has 0 aliphatic carbocycles. The highest BCUT2D eigenvalue weighted by Crippen LogP contribution is 2.21. The molecule has 150 valence electrons. The van der Waals surface area contributed by atoms with Crippen molar-refractivity contribution in [1.82, 2.24) is 29.8 Å². The fraction of sp³-hybridized carbons (Fsp3) is 0.611. The molecule has 0 radical (unpaired) electrons. The van der Waals surface area contributed by atoms with Gasteiger partial charge in [-0.3, -0.25) is 14.4 Å². The number of aromatic nitrogens is 4. The van der Waals surface area contributed by atoms with E-state index < -0.39 is 0 Å². The minimum Gasteiger partial charge on any atom is -0.370 e. The van der Waals surface area contributed by atoms with Gasteiger partial charge in [0.1, 0.15) is 6.10 Å². The maximum Gasteiger partial charge on any atom is 0.194 e. The van der Waals surface area contributed by atoms with Crippen molar-refractivity contribution in [3.05, 3.63) is 35.9 Å². The first-order chi connectivity index (χ1) is 12.7. The predicted octanol–water partition coefficient (Wildman–Crippen LogP) is 1.74. The van der Waals surface area contributed by atoms with Crippen molar-refractivity contribution < 1.29 is 4.74 Å². The Kier molecular flexibility index (Phi) is 8.55. The van der Waals surface area contributed by atoms with Crippen molar-refractivity contribution in [2.75, 3.05) is 32.8 Å². The first-order valence-corrected chi connectivity index (χ1v) is 9.26. The lowest BCUT2D eigenvalue weighted by atomic mass is 10.1. The number of guanidine groups is 1. The smallest absolute Gasteiger partial charge is 0.194 e. The summed E-state index contributed by atoms with van der Waals surface area (Å²) in [5.74, 6) is 0.968. The van der Waals surface area contributed by atoms with E-state index in [0.29, 0.717) is 6.61 Å². The van der Waals surface area contributed by atoms with Gasteiger partial charge in [-0.25, -0.2) is 0 Å². The van der Waals surface area contributed by atoms with Crippen LogP contribution in [0.4, 0.5) is 0 Å². The molecule has 0 saturated carbocycles. The molecule has 3 heterocycles. The number of nitrogens with zero attached hydrogens (tertiary/aromatic N) is 6. The van der Waals surface area contributed by atoms with E-state index in [9.17, 15) is 0 Å². The summed E-state index contributed by atoms with van der Waals surface area (Å²) in [5.41, 5.74) is 2.38. The van der Waals surface area contributed by atoms with Crippen LogP contribution >= 0.6 is 24.0 Å². The van der Waals surface area contributed by atoms with E-state index in [1.54, 1.807) is 0 Å². The van der Waals surface area contributed by atoms with Gasteiger partial charge in [0, 0.05) is 51.7 Å². The van der Waals surface area contributed by atoms with Crippen LogP contribution in [0.25, 0.3) is 0 Å². The maximum atomic E-state index is 5.93. The van der Waals surface area contributed by atoms with E-state index in [-0.39, 0.29) is 30.1 Å². The molecule has 0 aromatic carbocycles. The molecule has 9 heteroatoms. The number of hydrogen-bond donors (Lipinski definition) is 1. The first-order valence-electron chi connectivity index (χ1n) is 9.26. The third-order valence-corrected chi connectivity index (χ3v) is 4.44. The van der Waals surface area contributed by atoms with E-state index in [0.717, 1.165) is 50.5 Å². The molecule has 1 aliphatic rings. The number of ether oxygens (including phenoxy) is 1. The van der Waals surface area contributed by atoms with E-state index in [1.165, 1.54) is 5.56 Å². The number of nitrogens with one attached hydrogen (secondary N) is 1. The molecule has 1 fully saturated rings. The van der Waals surface area contributed by atoms with Crippen LogP contribution in [-0.4, -0.2) is 63.2 Å². The minimum atomic E-state index is 0. The molecule has 0 bridgehead atoms. The summed E-state index contributed by atoms with van der Waals surface area (Å²) in [4.78, 5) is 7.11. The SMILES string of the molecule is CCNC(=NCCCc1cnn(C)c1)N1CCOC(c2cnn(C)c2)C1.I. The van der Waals surface area contributed by atoms with Gasteiger partial charge >= 0.3 is 0 Å². The maximum absolute atomic E-state index is 5.93. The van der Waals surface area contributed by atoms with Crippen LogP contribution in [0.5, 0.6) is 0 Å². The summed E-state index contributed by atoms with van der Waals surface area (Å²) in [6.07, 6.45) is 9.94. The highest BCUT2D eigenvalue weighted by Gasteiger charge is 2.25. The zero-order chi connectivity index (χ0) is 18.4. The Hall–Kier alpha value is -1.62. The lowest BCUT2D eigenvalue weighted by molar-refractivity contribution is -0.00804. The van der Waals surface area contributed by atoms with Gasteiger partial charge in [-0.2, -0.15) is 10.2 Å². The van der Waals surface area contributed by atoms with Crippen LogP contribution in [0.3, 0.4) is 0 Å². The number of aryl methyl sites for hydroxylation is 3. The predicted molar refractivity (Wildman–Crippen MR) is 116 cm³/mol. The molecule has 27 heavy (non-hydrogen) atoms. The van der Waals surface area contributed by atoms with Crippen LogP contribution in [-0.2, 0) is 25.3 Å². The van der Waals surface area contributed by atoms with Crippen molar-refractivity contribution in [3.8, 4) is 0 Å². The summed E-state index contributed by atoms with van der Waals surface area (Å²) in [7, 11) is 3.87. The normalized spacial score (nSPS) is 17.7. The van der Waals surface area contributed by atoms with Gasteiger partial charge < -0.3 is 15.0 Å². The Morgan fingerprint density at radius 2 is 2.04 bits per heavy atom. The average Bonchev–Trinajstić information content (AvgIpc) is 3.26. The molecule has 2 aromatic rings. The number of rotatable bonds is 6. The van der Waals surface area contributed by atoms with Crippen LogP contribution in [0.1, 0.15) is 30.6 Å². The topological polar surface area (TPSA) is 72.5 Å². The monoisotopic (exact) mass is 487 g/mol. The molecular formula is C18H30IN7O. The Morgan fingerprint density at radius 3 is 2.70 bits per heavy atom. The van der Waals surface area contributed by atoms with Gasteiger partial charge in [0.15, 0.2) is 5.96 Å². The summed E-state index contributed by atoms with van der Waals surface area (Å²) < 4.78 is 9.59. The van der Waals surface area contributed by atoms with Gasteiger partial charge in [-0.15, -0.1) is 24.0 Å². The van der Waals surface area contributed by atoms with Crippen molar-refractivity contribution in [3.63, 3.8) is 0 Å². The van der Waals surface area contributed by atoms with Gasteiger partial charge in [-0.05, 0) is 25.3 Å². The molecule has 1 unspecified atom stereocenters. The molecule has 8 nitrogen and oxygen atoms in total. The summed E-state index contributed by atoms with van der Waals surface area (Å²) in [6, 6.07) is 0. The molecular weight excluding hydrogens is 457 g/mol.